The average Bonchev–Trinajstić information content (AvgIpc) is 3.21. The van der Waals surface area contributed by atoms with Gasteiger partial charge >= 0.3 is 0 Å². The van der Waals surface area contributed by atoms with Crippen LogP contribution in [0.5, 0.6) is 5.75 Å². The summed E-state index contributed by atoms with van der Waals surface area (Å²) in [6.07, 6.45) is 0. The highest BCUT2D eigenvalue weighted by Gasteiger charge is 2.15. The molecule has 2 aromatic carbocycles. The summed E-state index contributed by atoms with van der Waals surface area (Å²) in [4.78, 5) is 0.677. The Kier molecular flexibility index (Phi) is 4.39. The zero-order chi connectivity index (χ0) is 19.0. The first-order valence-corrected chi connectivity index (χ1v) is 9.42. The van der Waals surface area contributed by atoms with Crippen molar-refractivity contribution in [3.63, 3.8) is 0 Å². The number of ether oxygens (including phenoxy) is 1. The average molecular weight is 382 g/mol. The number of fused-ring (bicyclic) bond motifs is 1. The van der Waals surface area contributed by atoms with E-state index < -0.39 is 0 Å². The van der Waals surface area contributed by atoms with Crippen molar-refractivity contribution >= 4 is 16.3 Å². The van der Waals surface area contributed by atoms with Crippen molar-refractivity contribution in [3.05, 3.63) is 64.9 Å². The van der Waals surface area contributed by atoms with Gasteiger partial charge in [-0.1, -0.05) is 44.2 Å². The van der Waals surface area contributed by atoms with Crippen LogP contribution in [0, 0.1) is 5.82 Å². The third-order valence-corrected chi connectivity index (χ3v) is 5.09. The van der Waals surface area contributed by atoms with Gasteiger partial charge in [0.25, 0.3) is 0 Å². The quantitative estimate of drug-likeness (QED) is 0.505. The minimum atomic E-state index is -0.288. The summed E-state index contributed by atoms with van der Waals surface area (Å²) in [5.41, 5.74) is 2.14. The van der Waals surface area contributed by atoms with Crippen LogP contribution in [0.25, 0.3) is 16.3 Å². The van der Waals surface area contributed by atoms with Crippen LogP contribution in [0.15, 0.2) is 48.5 Å². The third-order valence-electron chi connectivity index (χ3n) is 4.22. The van der Waals surface area contributed by atoms with E-state index in [1.807, 2.05) is 12.1 Å². The van der Waals surface area contributed by atoms with E-state index in [0.29, 0.717) is 17.4 Å². The predicted molar refractivity (Wildman–Crippen MR) is 104 cm³/mol. The van der Waals surface area contributed by atoms with Crippen LogP contribution in [0.1, 0.15) is 31.3 Å². The fourth-order valence-corrected chi connectivity index (χ4v) is 3.44. The monoisotopic (exact) mass is 382 g/mol. The fourth-order valence-electron chi connectivity index (χ4n) is 2.69. The molecule has 7 heteroatoms. The Bertz CT molecular complexity index is 1060. The van der Waals surface area contributed by atoms with Crippen LogP contribution in [-0.4, -0.2) is 19.8 Å². The van der Waals surface area contributed by atoms with Crippen LogP contribution in [-0.2, 0) is 12.0 Å². The normalized spacial score (nSPS) is 11.9. The van der Waals surface area contributed by atoms with E-state index in [9.17, 15) is 4.39 Å². The van der Waals surface area contributed by atoms with E-state index in [0.717, 1.165) is 16.3 Å². The molecule has 2 aromatic heterocycles. The third kappa shape index (κ3) is 3.68. The molecule has 0 radical (unpaired) electrons. The Morgan fingerprint density at radius 3 is 2.37 bits per heavy atom. The van der Waals surface area contributed by atoms with Crippen molar-refractivity contribution in [1.29, 1.82) is 0 Å². The second-order valence-corrected chi connectivity index (χ2v) is 8.32. The summed E-state index contributed by atoms with van der Waals surface area (Å²) < 4.78 is 20.6. The Labute approximate surface area is 160 Å². The minimum absolute atomic E-state index is 0.114. The Hall–Kier alpha value is -2.80. The van der Waals surface area contributed by atoms with Gasteiger partial charge in [-0.3, -0.25) is 0 Å². The smallest absolute Gasteiger partial charge is 0.235 e. The van der Waals surface area contributed by atoms with Gasteiger partial charge < -0.3 is 4.74 Å². The van der Waals surface area contributed by atoms with Gasteiger partial charge in [-0.05, 0) is 47.4 Å². The van der Waals surface area contributed by atoms with Crippen molar-refractivity contribution in [1.82, 2.24) is 19.8 Å². The zero-order valence-corrected chi connectivity index (χ0v) is 16.1. The summed E-state index contributed by atoms with van der Waals surface area (Å²) >= 11 is 1.42. The molecule has 27 heavy (non-hydrogen) atoms. The van der Waals surface area contributed by atoms with E-state index in [1.165, 1.54) is 29.0 Å². The number of halogens is 1. The van der Waals surface area contributed by atoms with E-state index in [2.05, 4.69) is 48.2 Å². The lowest BCUT2D eigenvalue weighted by atomic mass is 9.87. The maximum absolute atomic E-state index is 13.1. The SMILES string of the molecule is CC(C)(C)c1ccc(OCc2nn3c(-c4ccc(F)cc4)nnc3s2)cc1. The highest BCUT2D eigenvalue weighted by atomic mass is 32.1. The van der Waals surface area contributed by atoms with Crippen LogP contribution < -0.4 is 4.74 Å². The topological polar surface area (TPSA) is 52.3 Å². The van der Waals surface area contributed by atoms with E-state index in [-0.39, 0.29) is 11.2 Å². The molecule has 0 unspecified atom stereocenters. The fraction of sp³-hybridized carbons (Fsp3) is 0.250. The zero-order valence-electron chi connectivity index (χ0n) is 15.3. The molecule has 138 valence electrons. The Morgan fingerprint density at radius 1 is 1.00 bits per heavy atom. The number of nitrogens with zero attached hydrogens (tertiary/aromatic N) is 4. The van der Waals surface area contributed by atoms with Gasteiger partial charge in [0.05, 0.1) is 0 Å². The van der Waals surface area contributed by atoms with Crippen molar-refractivity contribution in [2.75, 3.05) is 0 Å². The summed E-state index contributed by atoms with van der Waals surface area (Å²) in [6.45, 7) is 6.90. The van der Waals surface area contributed by atoms with Crippen LogP contribution in [0.3, 0.4) is 0 Å². The first-order chi connectivity index (χ1) is 12.9. The molecule has 0 bridgehead atoms. The van der Waals surface area contributed by atoms with Gasteiger partial charge in [0.15, 0.2) is 10.8 Å². The first-order valence-electron chi connectivity index (χ1n) is 8.60. The van der Waals surface area contributed by atoms with Crippen LogP contribution in [0.4, 0.5) is 4.39 Å². The van der Waals surface area contributed by atoms with E-state index in [1.54, 1.807) is 16.6 Å². The van der Waals surface area contributed by atoms with Crippen molar-refractivity contribution < 1.29 is 9.13 Å². The summed E-state index contributed by atoms with van der Waals surface area (Å²) in [6, 6.07) is 14.2. The van der Waals surface area contributed by atoms with Crippen molar-refractivity contribution in [3.8, 4) is 17.1 Å². The Morgan fingerprint density at radius 2 is 1.70 bits per heavy atom. The minimum Gasteiger partial charge on any atom is -0.486 e. The number of rotatable bonds is 4. The molecule has 0 aliphatic heterocycles. The summed E-state index contributed by atoms with van der Waals surface area (Å²) in [5.74, 6) is 1.10. The van der Waals surface area contributed by atoms with Gasteiger partial charge in [-0.2, -0.15) is 9.61 Å². The maximum atomic E-state index is 13.1. The molecule has 0 aliphatic rings. The largest absolute Gasteiger partial charge is 0.486 e. The lowest BCUT2D eigenvalue weighted by molar-refractivity contribution is 0.304. The summed E-state index contributed by atoms with van der Waals surface area (Å²) in [7, 11) is 0. The molecule has 0 fully saturated rings. The second kappa shape index (κ2) is 6.74. The molecule has 0 atom stereocenters. The molecule has 0 N–H and O–H groups in total. The predicted octanol–water partition coefficient (Wildman–Crippen LogP) is 4.87. The second-order valence-electron chi connectivity index (χ2n) is 7.28. The molecule has 0 aliphatic carbocycles. The molecule has 0 saturated heterocycles. The number of aromatic nitrogens is 4. The molecule has 0 spiro atoms. The molecule has 0 amide bonds. The van der Waals surface area contributed by atoms with Crippen LogP contribution >= 0.6 is 11.3 Å². The van der Waals surface area contributed by atoms with Gasteiger partial charge in [-0.15, -0.1) is 10.2 Å². The highest BCUT2D eigenvalue weighted by molar-refractivity contribution is 7.16. The molecule has 2 heterocycles. The molecular weight excluding hydrogens is 363 g/mol. The molecule has 4 rings (SSSR count). The van der Waals surface area contributed by atoms with Crippen molar-refractivity contribution in [2.45, 2.75) is 32.8 Å². The van der Waals surface area contributed by atoms with E-state index in [4.69, 9.17) is 4.74 Å². The Balaban J connectivity index is 1.51. The maximum Gasteiger partial charge on any atom is 0.235 e. The van der Waals surface area contributed by atoms with Gasteiger partial charge in [0.1, 0.15) is 18.2 Å². The molecule has 5 nitrogen and oxygen atoms in total. The molecule has 4 aromatic rings. The lowest BCUT2D eigenvalue weighted by Gasteiger charge is -2.19. The van der Waals surface area contributed by atoms with E-state index >= 15 is 0 Å². The van der Waals surface area contributed by atoms with Gasteiger partial charge in [-0.25, -0.2) is 4.39 Å². The van der Waals surface area contributed by atoms with Gasteiger partial charge in [0, 0.05) is 5.56 Å². The van der Waals surface area contributed by atoms with Crippen molar-refractivity contribution in [2.24, 2.45) is 0 Å². The number of hydrogen-bond acceptors (Lipinski definition) is 5. The molecule has 0 saturated carbocycles. The number of benzene rings is 2. The lowest BCUT2D eigenvalue weighted by Crippen LogP contribution is -2.10. The molecular formula is C20H19FN4OS. The first kappa shape index (κ1) is 17.6. The number of hydrogen-bond donors (Lipinski definition) is 0. The standard InChI is InChI=1S/C20H19FN4OS/c1-20(2,3)14-6-10-16(11-7-14)26-12-17-24-25-18(22-23-19(25)27-17)13-4-8-15(21)9-5-13/h4-11H,12H2,1-3H3. The van der Waals surface area contributed by atoms with Gasteiger partial charge in [0.2, 0.25) is 4.96 Å². The van der Waals surface area contributed by atoms with Crippen LogP contribution in [0.2, 0.25) is 0 Å². The highest BCUT2D eigenvalue weighted by Crippen LogP contribution is 2.26. The summed E-state index contributed by atoms with van der Waals surface area (Å²) in [5, 5.41) is 13.6.